The monoisotopic (exact) mass is 256 g/mol. The molecule has 19 heavy (non-hydrogen) atoms. The zero-order valence-corrected chi connectivity index (χ0v) is 14.1. The minimum atomic E-state index is -0.545. The van der Waals surface area contributed by atoms with E-state index in [-0.39, 0.29) is 18.9 Å². The van der Waals surface area contributed by atoms with Crippen LogP contribution in [-0.2, 0) is 0 Å². The van der Waals surface area contributed by atoms with Gasteiger partial charge in [0.25, 0.3) is 0 Å². The minimum absolute atomic E-state index is 0. The molecule has 3 atom stereocenters. The van der Waals surface area contributed by atoms with Gasteiger partial charge in [0.2, 0.25) is 0 Å². The summed E-state index contributed by atoms with van der Waals surface area (Å²) in [6, 6.07) is 2.21. The SMILES string of the molecule is CCC(C)[B-](c1ccoc1)(C(C)CC)C(C)CC.[Li+]. The van der Waals surface area contributed by atoms with Crippen LogP contribution in [0.2, 0.25) is 17.5 Å². The molecule has 1 aromatic rings. The van der Waals surface area contributed by atoms with E-state index in [1.54, 1.807) is 0 Å². The van der Waals surface area contributed by atoms with E-state index in [0.717, 1.165) is 17.5 Å². The van der Waals surface area contributed by atoms with Crippen molar-refractivity contribution < 1.29 is 23.3 Å². The molecule has 0 bridgehead atoms. The van der Waals surface area contributed by atoms with Gasteiger partial charge in [-0.15, -0.1) is 0 Å². The van der Waals surface area contributed by atoms with E-state index in [2.05, 4.69) is 47.6 Å². The first-order valence-corrected chi connectivity index (χ1v) is 7.75. The quantitative estimate of drug-likeness (QED) is 0.682. The van der Waals surface area contributed by atoms with Crippen molar-refractivity contribution in [3.63, 3.8) is 0 Å². The van der Waals surface area contributed by atoms with E-state index in [4.69, 9.17) is 4.42 Å². The van der Waals surface area contributed by atoms with Crippen molar-refractivity contribution >= 4 is 11.6 Å². The van der Waals surface area contributed by atoms with Gasteiger partial charge in [0.15, 0.2) is 0 Å². The van der Waals surface area contributed by atoms with Crippen LogP contribution >= 0.6 is 0 Å². The van der Waals surface area contributed by atoms with Gasteiger partial charge < -0.3 is 4.42 Å². The van der Waals surface area contributed by atoms with E-state index >= 15 is 0 Å². The molecule has 1 aromatic heterocycles. The predicted octanol–water partition coefficient (Wildman–Crippen LogP) is 2.34. The summed E-state index contributed by atoms with van der Waals surface area (Å²) >= 11 is 0. The maximum atomic E-state index is 5.42. The van der Waals surface area contributed by atoms with E-state index in [1.165, 1.54) is 24.7 Å². The fourth-order valence-electron chi connectivity index (χ4n) is 4.40. The average molecular weight is 256 g/mol. The molecule has 3 heteroatoms. The van der Waals surface area contributed by atoms with Crippen LogP contribution in [0.15, 0.2) is 23.0 Å². The summed E-state index contributed by atoms with van der Waals surface area (Å²) < 4.78 is 5.42. The topological polar surface area (TPSA) is 13.1 Å². The first kappa shape index (κ1) is 18.9. The van der Waals surface area contributed by atoms with Crippen LogP contribution < -0.4 is 24.3 Å². The molecule has 0 aromatic carbocycles. The average Bonchev–Trinajstić information content (AvgIpc) is 2.92. The third-order valence-electron chi connectivity index (χ3n) is 5.88. The standard InChI is InChI=1S/C16H30BO.Li/c1-7-13(4)17(14(5)8-2,15(6)9-3)16-10-11-18-12-16;/h10-15H,7-9H2,1-6H3;/q-1;+1. The van der Waals surface area contributed by atoms with Crippen molar-refractivity contribution in [2.45, 2.75) is 78.3 Å². The van der Waals surface area contributed by atoms with Gasteiger partial charge in [-0.3, -0.25) is 0 Å². The Balaban J connectivity index is 0.00000324. The van der Waals surface area contributed by atoms with Gasteiger partial charge in [0, 0.05) is 6.15 Å². The van der Waals surface area contributed by atoms with Crippen molar-refractivity contribution in [1.29, 1.82) is 0 Å². The fourth-order valence-corrected chi connectivity index (χ4v) is 4.40. The normalized spacial score (nSPS) is 19.1. The van der Waals surface area contributed by atoms with Gasteiger partial charge >= 0.3 is 18.9 Å². The molecule has 0 N–H and O–H groups in total. The molecule has 0 aliphatic carbocycles. The van der Waals surface area contributed by atoms with Gasteiger partial charge in [-0.1, -0.05) is 66.9 Å². The summed E-state index contributed by atoms with van der Waals surface area (Å²) in [7, 11) is 0. The molecule has 1 rings (SSSR count). The number of hydrogen-bond acceptors (Lipinski definition) is 1. The Labute approximate surface area is 132 Å². The van der Waals surface area contributed by atoms with E-state index in [9.17, 15) is 0 Å². The van der Waals surface area contributed by atoms with Gasteiger partial charge in [0.1, 0.15) is 0 Å². The Bertz CT molecular complexity index is 310. The number of rotatable bonds is 7. The maximum Gasteiger partial charge on any atom is 1.00 e. The third-order valence-corrected chi connectivity index (χ3v) is 5.88. The zero-order valence-electron chi connectivity index (χ0n) is 14.1. The van der Waals surface area contributed by atoms with E-state index in [1.807, 2.05) is 12.5 Å². The molecule has 0 amide bonds. The van der Waals surface area contributed by atoms with Crippen LogP contribution in [0.1, 0.15) is 60.8 Å². The molecule has 104 valence electrons. The first-order chi connectivity index (χ1) is 8.55. The van der Waals surface area contributed by atoms with Crippen molar-refractivity contribution in [3.8, 4) is 0 Å². The third kappa shape index (κ3) is 3.34. The maximum absolute atomic E-state index is 5.42. The Morgan fingerprint density at radius 3 is 1.63 bits per heavy atom. The molecule has 0 saturated heterocycles. The second-order valence-corrected chi connectivity index (χ2v) is 6.29. The fraction of sp³-hybridized carbons (Fsp3) is 0.750. The molecule has 1 heterocycles. The summed E-state index contributed by atoms with van der Waals surface area (Å²) in [4.78, 5) is 0. The summed E-state index contributed by atoms with van der Waals surface area (Å²) in [6.07, 6.45) is 7.06. The molecule has 0 aliphatic rings. The first-order valence-electron chi connectivity index (χ1n) is 7.75. The van der Waals surface area contributed by atoms with Gasteiger partial charge in [-0.05, 0) is 0 Å². The summed E-state index contributed by atoms with van der Waals surface area (Å²) in [6.45, 7) is 14.3. The second-order valence-electron chi connectivity index (χ2n) is 6.29. The molecule has 0 spiro atoms. The van der Waals surface area contributed by atoms with E-state index < -0.39 is 6.15 Å². The molecule has 0 fully saturated rings. The molecule has 0 radical (unpaired) electrons. The van der Waals surface area contributed by atoms with Crippen LogP contribution in [-0.4, -0.2) is 6.15 Å². The molecule has 0 aliphatic heterocycles. The van der Waals surface area contributed by atoms with Crippen LogP contribution in [0.5, 0.6) is 0 Å². The van der Waals surface area contributed by atoms with Gasteiger partial charge in [-0.2, -0.15) is 22.9 Å². The zero-order chi connectivity index (χ0) is 13.8. The molecule has 3 unspecified atom stereocenters. The largest absolute Gasteiger partial charge is 1.00 e. The van der Waals surface area contributed by atoms with Crippen molar-refractivity contribution in [2.75, 3.05) is 0 Å². The van der Waals surface area contributed by atoms with Crippen LogP contribution in [0.4, 0.5) is 0 Å². The Morgan fingerprint density at radius 1 is 0.947 bits per heavy atom. The van der Waals surface area contributed by atoms with Gasteiger partial charge in [0.05, 0.1) is 12.5 Å². The van der Waals surface area contributed by atoms with Crippen LogP contribution in [0.25, 0.3) is 0 Å². The molecule has 1 nitrogen and oxygen atoms in total. The number of furan rings is 1. The van der Waals surface area contributed by atoms with Crippen LogP contribution in [0, 0.1) is 0 Å². The van der Waals surface area contributed by atoms with Crippen molar-refractivity contribution in [2.24, 2.45) is 0 Å². The number of hydrogen-bond donors (Lipinski definition) is 0. The minimum Gasteiger partial charge on any atom is -0.476 e. The Morgan fingerprint density at radius 2 is 1.37 bits per heavy atom. The molecular weight excluding hydrogens is 226 g/mol. The molecular formula is C16H30BLiO. The second kappa shape index (κ2) is 8.28. The van der Waals surface area contributed by atoms with Crippen molar-refractivity contribution in [1.82, 2.24) is 0 Å². The Kier molecular flexibility index (Phi) is 8.25. The van der Waals surface area contributed by atoms with Gasteiger partial charge in [-0.25, -0.2) is 0 Å². The predicted molar refractivity (Wildman–Crippen MR) is 83.2 cm³/mol. The van der Waals surface area contributed by atoms with Crippen LogP contribution in [0.3, 0.4) is 0 Å². The summed E-state index contributed by atoms with van der Waals surface area (Å²) in [5.74, 6) is 2.23. The summed E-state index contributed by atoms with van der Waals surface area (Å²) in [5, 5.41) is 0. The molecule has 0 saturated carbocycles. The van der Waals surface area contributed by atoms with E-state index in [0.29, 0.717) is 0 Å². The summed E-state index contributed by atoms with van der Waals surface area (Å²) in [5.41, 5.74) is 1.47. The smallest absolute Gasteiger partial charge is 0.476 e. The van der Waals surface area contributed by atoms with Crippen molar-refractivity contribution in [3.05, 3.63) is 18.6 Å². The Hall–Kier alpha value is -0.0577.